The van der Waals surface area contributed by atoms with Crippen LogP contribution in [0.2, 0.25) is 0 Å². The number of primary amides is 1. The Labute approximate surface area is 148 Å². The van der Waals surface area contributed by atoms with E-state index in [1.807, 2.05) is 13.8 Å². The van der Waals surface area contributed by atoms with Gasteiger partial charge in [0, 0.05) is 11.7 Å². The average molecular weight is 370 g/mol. The Bertz CT molecular complexity index is 701. The summed E-state index contributed by atoms with van der Waals surface area (Å²) >= 11 is 0. The van der Waals surface area contributed by atoms with Crippen LogP contribution < -0.4 is 21.1 Å². The summed E-state index contributed by atoms with van der Waals surface area (Å²) in [4.78, 5) is 23.6. The van der Waals surface area contributed by atoms with Crippen LogP contribution in [-0.4, -0.2) is 32.4 Å². The molecule has 0 heterocycles. The van der Waals surface area contributed by atoms with Crippen LogP contribution >= 0.6 is 0 Å². The number of rotatable bonds is 8. The molecular formula is C16H26N4O4S. The van der Waals surface area contributed by atoms with E-state index in [-0.39, 0.29) is 16.9 Å². The molecule has 3 amide bonds. The quantitative estimate of drug-likeness (QED) is 0.551. The highest BCUT2D eigenvalue weighted by molar-refractivity contribution is 7.89. The predicted octanol–water partition coefficient (Wildman–Crippen LogP) is 1.39. The lowest BCUT2D eigenvalue weighted by molar-refractivity contribution is -0.119. The number of anilines is 1. The van der Waals surface area contributed by atoms with Crippen LogP contribution in [0.1, 0.15) is 34.1 Å². The topological polar surface area (TPSA) is 130 Å². The third-order valence-corrected chi connectivity index (χ3v) is 5.29. The first-order valence-electron chi connectivity index (χ1n) is 8.06. The van der Waals surface area contributed by atoms with Crippen LogP contribution in [0.15, 0.2) is 29.2 Å². The summed E-state index contributed by atoms with van der Waals surface area (Å²) in [5.41, 5.74) is 5.54. The van der Waals surface area contributed by atoms with Crippen molar-refractivity contribution < 1.29 is 18.0 Å². The maximum Gasteiger partial charge on any atom is 0.312 e. The second kappa shape index (κ2) is 8.82. The summed E-state index contributed by atoms with van der Waals surface area (Å²) in [7, 11) is -3.59. The standard InChI is InChI=1S/C16H26N4O4S/c1-5-11(4)14(19-16(17)22)15(21)18-12-6-8-13(9-7-12)25(23,24)20-10(2)3/h6-11,14,20H,5H2,1-4H3,(H,18,21)(H3,17,19,22)/t11-,14+/m1/s1. The van der Waals surface area contributed by atoms with Gasteiger partial charge in [-0.25, -0.2) is 17.9 Å². The number of sulfonamides is 1. The molecule has 0 saturated carbocycles. The minimum absolute atomic E-state index is 0.105. The molecule has 8 nitrogen and oxygen atoms in total. The van der Waals surface area contributed by atoms with Gasteiger partial charge in [0.05, 0.1) is 4.90 Å². The number of carbonyl (C=O) groups excluding carboxylic acids is 2. The Morgan fingerprint density at radius 1 is 1.12 bits per heavy atom. The van der Waals surface area contributed by atoms with Crippen LogP contribution in [0.25, 0.3) is 0 Å². The fourth-order valence-corrected chi connectivity index (χ4v) is 3.42. The normalized spacial score (nSPS) is 14.0. The van der Waals surface area contributed by atoms with Gasteiger partial charge in [-0.05, 0) is 44.0 Å². The van der Waals surface area contributed by atoms with Crippen LogP contribution in [0, 0.1) is 5.92 Å². The Hall–Kier alpha value is -2.13. The zero-order chi connectivity index (χ0) is 19.2. The molecule has 9 heteroatoms. The molecule has 0 aliphatic rings. The van der Waals surface area contributed by atoms with Crippen molar-refractivity contribution in [2.75, 3.05) is 5.32 Å². The minimum atomic E-state index is -3.59. The van der Waals surface area contributed by atoms with Crippen molar-refractivity contribution in [2.24, 2.45) is 11.7 Å². The number of benzene rings is 1. The van der Waals surface area contributed by atoms with Crippen molar-refractivity contribution in [3.05, 3.63) is 24.3 Å². The maximum atomic E-state index is 12.4. The molecule has 1 rings (SSSR count). The van der Waals surface area contributed by atoms with Gasteiger partial charge < -0.3 is 16.4 Å². The second-order valence-corrected chi connectivity index (χ2v) is 7.88. The molecule has 0 fully saturated rings. The summed E-state index contributed by atoms with van der Waals surface area (Å²) in [5.74, 6) is -0.522. The highest BCUT2D eigenvalue weighted by Crippen LogP contribution is 2.16. The smallest absolute Gasteiger partial charge is 0.312 e. The molecule has 140 valence electrons. The molecule has 0 aliphatic heterocycles. The van der Waals surface area contributed by atoms with Crippen molar-refractivity contribution in [1.82, 2.24) is 10.0 Å². The van der Waals surface area contributed by atoms with Gasteiger partial charge in [0.2, 0.25) is 15.9 Å². The molecule has 0 aromatic heterocycles. The van der Waals surface area contributed by atoms with Crippen molar-refractivity contribution >= 4 is 27.6 Å². The van der Waals surface area contributed by atoms with Crippen LogP contribution in [0.5, 0.6) is 0 Å². The summed E-state index contributed by atoms with van der Waals surface area (Å²) in [5, 5.41) is 5.09. The largest absolute Gasteiger partial charge is 0.352 e. The molecule has 25 heavy (non-hydrogen) atoms. The molecule has 1 aromatic rings. The zero-order valence-corrected chi connectivity index (χ0v) is 15.7. The fourth-order valence-electron chi connectivity index (χ4n) is 2.17. The van der Waals surface area contributed by atoms with Gasteiger partial charge >= 0.3 is 6.03 Å². The maximum absolute atomic E-state index is 12.4. The van der Waals surface area contributed by atoms with Gasteiger partial charge in [-0.2, -0.15) is 0 Å². The van der Waals surface area contributed by atoms with Crippen LogP contribution in [0.4, 0.5) is 10.5 Å². The highest BCUT2D eigenvalue weighted by atomic mass is 32.2. The molecule has 0 unspecified atom stereocenters. The van der Waals surface area contributed by atoms with Crippen molar-refractivity contribution in [2.45, 2.75) is 51.1 Å². The first-order valence-corrected chi connectivity index (χ1v) is 9.54. The zero-order valence-electron chi connectivity index (χ0n) is 14.9. The molecule has 0 radical (unpaired) electrons. The van der Waals surface area contributed by atoms with Crippen LogP contribution in [0.3, 0.4) is 0 Å². The monoisotopic (exact) mass is 370 g/mol. The second-order valence-electron chi connectivity index (χ2n) is 6.16. The molecule has 0 spiro atoms. The summed E-state index contributed by atoms with van der Waals surface area (Å²) in [6.07, 6.45) is 0.677. The number of carbonyl (C=O) groups is 2. The summed E-state index contributed by atoms with van der Waals surface area (Å²) in [6.45, 7) is 7.18. The molecule has 1 aromatic carbocycles. The average Bonchev–Trinajstić information content (AvgIpc) is 2.51. The third-order valence-electron chi connectivity index (χ3n) is 3.62. The van der Waals surface area contributed by atoms with E-state index in [1.54, 1.807) is 13.8 Å². The Kier molecular flexibility index (Phi) is 7.38. The molecule has 0 saturated heterocycles. The van der Waals surface area contributed by atoms with E-state index in [9.17, 15) is 18.0 Å². The summed E-state index contributed by atoms with van der Waals surface area (Å²) in [6, 6.07) is 4.02. The number of nitrogens with one attached hydrogen (secondary N) is 3. The van der Waals surface area contributed by atoms with E-state index in [1.165, 1.54) is 24.3 Å². The van der Waals surface area contributed by atoms with Gasteiger partial charge in [-0.15, -0.1) is 0 Å². The van der Waals surface area contributed by atoms with Crippen molar-refractivity contribution in [3.63, 3.8) is 0 Å². The predicted molar refractivity (Wildman–Crippen MR) is 96.5 cm³/mol. The van der Waals surface area contributed by atoms with Crippen molar-refractivity contribution in [3.8, 4) is 0 Å². The Morgan fingerprint density at radius 2 is 1.68 bits per heavy atom. The van der Waals surface area contributed by atoms with Gasteiger partial charge in [0.15, 0.2) is 0 Å². The fraction of sp³-hybridized carbons (Fsp3) is 0.500. The molecular weight excluding hydrogens is 344 g/mol. The van der Waals surface area contributed by atoms with Crippen LogP contribution in [-0.2, 0) is 14.8 Å². The van der Waals surface area contributed by atoms with E-state index in [0.717, 1.165) is 0 Å². The first kappa shape index (κ1) is 20.9. The van der Waals surface area contributed by atoms with Gasteiger partial charge in [-0.1, -0.05) is 20.3 Å². The molecule has 0 aliphatic carbocycles. The molecule has 0 bridgehead atoms. The number of urea groups is 1. The number of hydrogen-bond acceptors (Lipinski definition) is 4. The van der Waals surface area contributed by atoms with E-state index < -0.39 is 28.0 Å². The molecule has 2 atom stereocenters. The third kappa shape index (κ3) is 6.35. The van der Waals surface area contributed by atoms with E-state index in [0.29, 0.717) is 12.1 Å². The van der Waals surface area contributed by atoms with E-state index in [2.05, 4.69) is 15.4 Å². The van der Waals surface area contributed by atoms with Gasteiger partial charge in [-0.3, -0.25) is 4.79 Å². The first-order chi connectivity index (χ1) is 11.6. The van der Waals surface area contributed by atoms with Gasteiger partial charge in [0.25, 0.3) is 0 Å². The lowest BCUT2D eigenvalue weighted by Gasteiger charge is -2.22. The molecule has 5 N–H and O–H groups in total. The van der Waals surface area contributed by atoms with Crippen molar-refractivity contribution in [1.29, 1.82) is 0 Å². The number of hydrogen-bond donors (Lipinski definition) is 4. The number of amides is 3. The lowest BCUT2D eigenvalue weighted by Crippen LogP contribution is -2.49. The minimum Gasteiger partial charge on any atom is -0.352 e. The highest BCUT2D eigenvalue weighted by Gasteiger charge is 2.25. The lowest BCUT2D eigenvalue weighted by atomic mass is 9.98. The Balaban J connectivity index is 2.89. The van der Waals surface area contributed by atoms with E-state index in [4.69, 9.17) is 5.73 Å². The Morgan fingerprint density at radius 3 is 2.12 bits per heavy atom. The van der Waals surface area contributed by atoms with E-state index >= 15 is 0 Å². The summed E-state index contributed by atoms with van der Waals surface area (Å²) < 4.78 is 26.6. The SMILES string of the molecule is CC[C@@H](C)[C@H](NC(N)=O)C(=O)Nc1ccc(S(=O)(=O)NC(C)C)cc1. The number of nitrogens with two attached hydrogens (primary N) is 1. The van der Waals surface area contributed by atoms with Gasteiger partial charge in [0.1, 0.15) is 6.04 Å².